The highest BCUT2D eigenvalue weighted by Crippen LogP contribution is 2.26. The first-order chi connectivity index (χ1) is 13.1. The van der Waals surface area contributed by atoms with Crippen LogP contribution in [0.3, 0.4) is 0 Å². The number of rotatable bonds is 7. The zero-order valence-electron chi connectivity index (χ0n) is 14.7. The van der Waals surface area contributed by atoms with Gasteiger partial charge in [0.05, 0.1) is 0 Å². The van der Waals surface area contributed by atoms with Gasteiger partial charge in [0.1, 0.15) is 34.7 Å². The molecule has 3 aromatic rings. The van der Waals surface area contributed by atoms with Crippen molar-refractivity contribution in [1.29, 1.82) is 0 Å². The standard InChI is InChI=1S/C20H18F2N2O2S/c1-2-9-23-19(25)18-12-27-20(24-18)13-3-6-16(7-4-13)26-11-14-10-15(21)5-8-17(14)22/h3-8,10,12H,2,9,11H2,1H3,(H,23,25). The number of aromatic nitrogens is 1. The smallest absolute Gasteiger partial charge is 0.270 e. The molecule has 0 spiro atoms. The van der Waals surface area contributed by atoms with Crippen LogP contribution in [0.4, 0.5) is 8.78 Å². The molecule has 0 aliphatic heterocycles. The predicted octanol–water partition coefficient (Wildman–Crippen LogP) is 4.81. The summed E-state index contributed by atoms with van der Waals surface area (Å²) in [6.45, 7) is 2.53. The summed E-state index contributed by atoms with van der Waals surface area (Å²) < 4.78 is 32.3. The van der Waals surface area contributed by atoms with E-state index in [4.69, 9.17) is 4.74 Å². The summed E-state index contributed by atoms with van der Waals surface area (Å²) in [7, 11) is 0. The highest BCUT2D eigenvalue weighted by molar-refractivity contribution is 7.13. The molecular weight excluding hydrogens is 370 g/mol. The van der Waals surface area contributed by atoms with Gasteiger partial charge < -0.3 is 10.1 Å². The molecule has 0 saturated carbocycles. The van der Waals surface area contributed by atoms with Crippen molar-refractivity contribution >= 4 is 17.2 Å². The monoisotopic (exact) mass is 388 g/mol. The van der Waals surface area contributed by atoms with Gasteiger partial charge in [-0.3, -0.25) is 4.79 Å². The third kappa shape index (κ3) is 4.89. The van der Waals surface area contributed by atoms with Gasteiger partial charge in [-0.2, -0.15) is 0 Å². The number of halogens is 2. The Morgan fingerprint density at radius 3 is 2.70 bits per heavy atom. The van der Waals surface area contributed by atoms with E-state index in [0.29, 0.717) is 18.0 Å². The van der Waals surface area contributed by atoms with Crippen molar-refractivity contribution in [2.45, 2.75) is 20.0 Å². The lowest BCUT2D eigenvalue weighted by atomic mass is 10.2. The second kappa shape index (κ2) is 8.73. The first-order valence-corrected chi connectivity index (χ1v) is 9.35. The van der Waals surface area contributed by atoms with Crippen molar-refractivity contribution in [3.63, 3.8) is 0 Å². The van der Waals surface area contributed by atoms with Gasteiger partial charge in [0.15, 0.2) is 0 Å². The molecule has 0 unspecified atom stereocenters. The summed E-state index contributed by atoms with van der Waals surface area (Å²) in [6, 6.07) is 10.3. The lowest BCUT2D eigenvalue weighted by Crippen LogP contribution is -2.24. The zero-order chi connectivity index (χ0) is 19.2. The third-order valence-corrected chi connectivity index (χ3v) is 4.67. The molecule has 0 bridgehead atoms. The maximum Gasteiger partial charge on any atom is 0.270 e. The Bertz CT molecular complexity index is 926. The maximum absolute atomic E-state index is 13.6. The highest BCUT2D eigenvalue weighted by Gasteiger charge is 2.11. The predicted molar refractivity (Wildman–Crippen MR) is 101 cm³/mol. The summed E-state index contributed by atoms with van der Waals surface area (Å²) in [4.78, 5) is 16.3. The minimum absolute atomic E-state index is 0.0675. The molecule has 0 fully saturated rings. The fraction of sp³-hybridized carbons (Fsp3) is 0.200. The van der Waals surface area contributed by atoms with Crippen molar-refractivity contribution in [3.8, 4) is 16.3 Å². The van der Waals surface area contributed by atoms with E-state index in [9.17, 15) is 13.6 Å². The van der Waals surface area contributed by atoms with Crippen molar-refractivity contribution in [1.82, 2.24) is 10.3 Å². The van der Waals surface area contributed by atoms with Gasteiger partial charge in [-0.25, -0.2) is 13.8 Å². The SMILES string of the molecule is CCCNC(=O)c1csc(-c2ccc(OCc3cc(F)ccc3F)cc2)n1. The van der Waals surface area contributed by atoms with Gasteiger partial charge in [0.25, 0.3) is 5.91 Å². The molecule has 0 aliphatic rings. The van der Waals surface area contributed by atoms with E-state index in [2.05, 4.69) is 10.3 Å². The van der Waals surface area contributed by atoms with Gasteiger partial charge in [0.2, 0.25) is 0 Å². The number of carbonyl (C=O) groups is 1. The third-order valence-electron chi connectivity index (χ3n) is 3.78. The molecule has 0 atom stereocenters. The molecule has 1 aromatic heterocycles. The van der Waals surface area contributed by atoms with E-state index < -0.39 is 11.6 Å². The molecule has 2 aromatic carbocycles. The number of benzene rings is 2. The van der Waals surface area contributed by atoms with Crippen LogP contribution in [0.15, 0.2) is 47.8 Å². The van der Waals surface area contributed by atoms with E-state index in [1.54, 1.807) is 17.5 Å². The normalized spacial score (nSPS) is 10.6. The Balaban J connectivity index is 1.64. The molecule has 1 N–H and O–H groups in total. The van der Waals surface area contributed by atoms with Gasteiger partial charge in [-0.1, -0.05) is 6.92 Å². The fourth-order valence-electron chi connectivity index (χ4n) is 2.35. The number of carbonyl (C=O) groups excluding carboxylic acids is 1. The fourth-order valence-corrected chi connectivity index (χ4v) is 3.15. The van der Waals surface area contributed by atoms with Crippen LogP contribution in [-0.2, 0) is 6.61 Å². The van der Waals surface area contributed by atoms with Gasteiger partial charge in [0, 0.05) is 23.1 Å². The highest BCUT2D eigenvalue weighted by atomic mass is 32.1. The summed E-state index contributed by atoms with van der Waals surface area (Å²) in [5.41, 5.74) is 1.39. The number of thiazole rings is 1. The van der Waals surface area contributed by atoms with Crippen LogP contribution >= 0.6 is 11.3 Å². The average Bonchev–Trinajstić information content (AvgIpc) is 3.17. The molecule has 0 saturated heterocycles. The Morgan fingerprint density at radius 2 is 1.96 bits per heavy atom. The zero-order valence-corrected chi connectivity index (χ0v) is 15.5. The van der Waals surface area contributed by atoms with E-state index >= 15 is 0 Å². The minimum Gasteiger partial charge on any atom is -0.489 e. The largest absolute Gasteiger partial charge is 0.489 e. The Kier molecular flexibility index (Phi) is 6.13. The van der Waals surface area contributed by atoms with Gasteiger partial charge >= 0.3 is 0 Å². The Morgan fingerprint density at radius 1 is 1.19 bits per heavy atom. The number of hydrogen-bond acceptors (Lipinski definition) is 4. The molecule has 140 valence electrons. The maximum atomic E-state index is 13.6. The van der Waals surface area contributed by atoms with Crippen LogP contribution in [0.2, 0.25) is 0 Å². The topological polar surface area (TPSA) is 51.2 Å². The number of hydrogen-bond donors (Lipinski definition) is 1. The van der Waals surface area contributed by atoms with Crippen LogP contribution in [0.25, 0.3) is 10.6 Å². The van der Waals surface area contributed by atoms with E-state index in [-0.39, 0.29) is 18.1 Å². The Labute approximate surface area is 159 Å². The molecule has 1 heterocycles. The summed E-state index contributed by atoms with van der Waals surface area (Å²) in [6.07, 6.45) is 0.865. The van der Waals surface area contributed by atoms with Crippen LogP contribution in [0, 0.1) is 11.6 Å². The molecule has 0 aliphatic carbocycles. The second-order valence-corrected chi connectivity index (χ2v) is 6.70. The molecule has 0 radical (unpaired) electrons. The lowest BCUT2D eigenvalue weighted by molar-refractivity contribution is 0.0949. The molecule has 3 rings (SSSR count). The van der Waals surface area contributed by atoms with Gasteiger partial charge in [-0.05, 0) is 48.9 Å². The molecule has 27 heavy (non-hydrogen) atoms. The molecule has 7 heteroatoms. The van der Waals surface area contributed by atoms with Crippen LogP contribution in [0.1, 0.15) is 29.4 Å². The number of nitrogens with zero attached hydrogens (tertiary/aromatic N) is 1. The second-order valence-electron chi connectivity index (χ2n) is 5.84. The van der Waals surface area contributed by atoms with Crippen LogP contribution in [-0.4, -0.2) is 17.4 Å². The van der Waals surface area contributed by atoms with Crippen molar-refractivity contribution in [2.24, 2.45) is 0 Å². The molecule has 4 nitrogen and oxygen atoms in total. The molecule has 1 amide bonds. The number of ether oxygens (including phenoxy) is 1. The van der Waals surface area contributed by atoms with E-state index in [1.165, 1.54) is 11.3 Å². The van der Waals surface area contributed by atoms with Crippen LogP contribution in [0.5, 0.6) is 5.75 Å². The first-order valence-electron chi connectivity index (χ1n) is 8.47. The summed E-state index contributed by atoms with van der Waals surface area (Å²) in [5, 5.41) is 5.23. The van der Waals surface area contributed by atoms with Crippen molar-refractivity contribution in [3.05, 3.63) is 70.7 Å². The van der Waals surface area contributed by atoms with Crippen molar-refractivity contribution in [2.75, 3.05) is 6.54 Å². The average molecular weight is 388 g/mol. The number of nitrogens with one attached hydrogen (secondary N) is 1. The quantitative estimate of drug-likeness (QED) is 0.632. The first kappa shape index (κ1) is 19.0. The number of amides is 1. The van der Waals surface area contributed by atoms with Gasteiger partial charge in [-0.15, -0.1) is 11.3 Å². The van der Waals surface area contributed by atoms with Crippen molar-refractivity contribution < 1.29 is 18.3 Å². The lowest BCUT2D eigenvalue weighted by Gasteiger charge is -2.08. The van der Waals surface area contributed by atoms with E-state index in [0.717, 1.165) is 35.2 Å². The molecular formula is C20H18F2N2O2S. The van der Waals surface area contributed by atoms with E-state index in [1.807, 2.05) is 19.1 Å². The van der Waals surface area contributed by atoms with Crippen LogP contribution < -0.4 is 10.1 Å². The summed E-state index contributed by atoms with van der Waals surface area (Å²) in [5.74, 6) is -0.672. The minimum atomic E-state index is -0.510. The Hall–Kier alpha value is -2.80. The summed E-state index contributed by atoms with van der Waals surface area (Å²) >= 11 is 1.38.